The molecule has 2 N–H and O–H groups in total. The van der Waals surface area contributed by atoms with Crippen molar-refractivity contribution in [2.75, 3.05) is 19.6 Å². The Kier molecular flexibility index (Phi) is 5.71. The minimum absolute atomic E-state index is 0.237. The fourth-order valence-electron chi connectivity index (χ4n) is 3.63. The van der Waals surface area contributed by atoms with E-state index in [9.17, 15) is 0 Å². The van der Waals surface area contributed by atoms with Gasteiger partial charge in [0.15, 0.2) is 0 Å². The smallest absolute Gasteiger partial charge is 0.0485 e. The fraction of sp³-hybridized carbons (Fsp3) is 0.400. The van der Waals surface area contributed by atoms with Crippen LogP contribution in [-0.4, -0.2) is 24.5 Å². The Hall–Kier alpha value is -1.35. The topological polar surface area (TPSA) is 29.3 Å². The number of likely N-dealkylation sites (tertiary alicyclic amines) is 1. The van der Waals surface area contributed by atoms with E-state index < -0.39 is 0 Å². The number of hydrogen-bond acceptors (Lipinski definition) is 2. The largest absolute Gasteiger partial charge is 0.329 e. The zero-order valence-corrected chi connectivity index (χ0v) is 14.3. The predicted molar refractivity (Wildman–Crippen MR) is 97.7 cm³/mol. The molecule has 0 aliphatic carbocycles. The second-order valence-corrected chi connectivity index (χ2v) is 6.85. The Labute approximate surface area is 144 Å². The number of rotatable bonds is 5. The molecule has 2 nitrogen and oxygen atoms in total. The van der Waals surface area contributed by atoms with E-state index >= 15 is 0 Å². The van der Waals surface area contributed by atoms with Crippen molar-refractivity contribution >= 4 is 11.6 Å². The second-order valence-electron chi connectivity index (χ2n) is 6.44. The summed E-state index contributed by atoms with van der Waals surface area (Å²) in [6, 6.07) is 19.1. The maximum absolute atomic E-state index is 6.37. The van der Waals surface area contributed by atoms with Crippen molar-refractivity contribution in [3.8, 4) is 0 Å². The maximum Gasteiger partial charge on any atom is 0.0485 e. The molecular weight excluding hydrogens is 304 g/mol. The molecular formula is C20H25ClN2. The summed E-state index contributed by atoms with van der Waals surface area (Å²) in [5.41, 5.74) is 8.68. The standard InChI is InChI=1S/C20H25ClN2/c21-19-9-5-4-8-18(19)20(15-22)23-12-10-17(11-13-23)14-16-6-2-1-3-7-16/h1-9,17,20H,10-15,22H2. The van der Waals surface area contributed by atoms with Gasteiger partial charge in [-0.1, -0.05) is 60.1 Å². The van der Waals surface area contributed by atoms with Crippen molar-refractivity contribution < 1.29 is 0 Å². The van der Waals surface area contributed by atoms with Gasteiger partial charge in [-0.2, -0.15) is 0 Å². The van der Waals surface area contributed by atoms with Gasteiger partial charge in [0.1, 0.15) is 0 Å². The van der Waals surface area contributed by atoms with E-state index in [1.807, 2.05) is 18.2 Å². The first kappa shape index (κ1) is 16.5. The molecule has 2 aromatic carbocycles. The highest BCUT2D eigenvalue weighted by molar-refractivity contribution is 6.31. The zero-order valence-electron chi connectivity index (χ0n) is 13.5. The monoisotopic (exact) mass is 328 g/mol. The summed E-state index contributed by atoms with van der Waals surface area (Å²) in [6.45, 7) is 2.82. The van der Waals surface area contributed by atoms with E-state index in [2.05, 4.69) is 41.3 Å². The Morgan fingerprint density at radius 2 is 1.65 bits per heavy atom. The Balaban J connectivity index is 1.60. The SMILES string of the molecule is NCC(c1ccccc1Cl)N1CCC(Cc2ccccc2)CC1. The highest BCUT2D eigenvalue weighted by Gasteiger charge is 2.26. The molecule has 0 amide bonds. The highest BCUT2D eigenvalue weighted by atomic mass is 35.5. The molecule has 1 aliphatic rings. The van der Waals surface area contributed by atoms with Crippen molar-refractivity contribution in [1.29, 1.82) is 0 Å². The molecule has 1 heterocycles. The highest BCUT2D eigenvalue weighted by Crippen LogP contribution is 2.31. The van der Waals surface area contributed by atoms with Gasteiger partial charge in [-0.05, 0) is 55.5 Å². The molecule has 122 valence electrons. The van der Waals surface area contributed by atoms with Gasteiger partial charge in [0, 0.05) is 17.6 Å². The Bertz CT molecular complexity index is 606. The van der Waals surface area contributed by atoms with Crippen LogP contribution in [0.2, 0.25) is 5.02 Å². The van der Waals surface area contributed by atoms with Crippen LogP contribution in [0.4, 0.5) is 0 Å². The lowest BCUT2D eigenvalue weighted by Gasteiger charge is -2.37. The van der Waals surface area contributed by atoms with Crippen LogP contribution in [0.15, 0.2) is 54.6 Å². The number of nitrogens with two attached hydrogens (primary N) is 1. The molecule has 1 saturated heterocycles. The van der Waals surface area contributed by atoms with Gasteiger partial charge in [0.05, 0.1) is 0 Å². The molecule has 1 fully saturated rings. The molecule has 2 aromatic rings. The second kappa shape index (κ2) is 7.96. The van der Waals surface area contributed by atoms with Crippen molar-refractivity contribution in [2.24, 2.45) is 11.7 Å². The van der Waals surface area contributed by atoms with Gasteiger partial charge >= 0.3 is 0 Å². The Morgan fingerprint density at radius 1 is 1.00 bits per heavy atom. The first-order chi connectivity index (χ1) is 11.3. The van der Waals surface area contributed by atoms with E-state index in [1.54, 1.807) is 0 Å². The molecule has 0 aromatic heterocycles. The summed E-state index contributed by atoms with van der Waals surface area (Å²) >= 11 is 6.37. The van der Waals surface area contributed by atoms with E-state index in [0.717, 1.165) is 29.6 Å². The van der Waals surface area contributed by atoms with Crippen LogP contribution in [-0.2, 0) is 6.42 Å². The first-order valence-corrected chi connectivity index (χ1v) is 8.88. The number of halogens is 1. The van der Waals surface area contributed by atoms with Crippen LogP contribution in [0.5, 0.6) is 0 Å². The van der Waals surface area contributed by atoms with Crippen molar-refractivity contribution in [2.45, 2.75) is 25.3 Å². The van der Waals surface area contributed by atoms with Gasteiger partial charge in [-0.25, -0.2) is 0 Å². The lowest BCUT2D eigenvalue weighted by atomic mass is 9.89. The molecule has 1 unspecified atom stereocenters. The van der Waals surface area contributed by atoms with Gasteiger partial charge in [-0.15, -0.1) is 0 Å². The molecule has 1 aliphatic heterocycles. The summed E-state index contributed by atoms with van der Waals surface area (Å²) < 4.78 is 0. The third-order valence-electron chi connectivity index (χ3n) is 4.94. The van der Waals surface area contributed by atoms with Gasteiger partial charge in [0.2, 0.25) is 0 Å². The third kappa shape index (κ3) is 4.14. The molecule has 0 saturated carbocycles. The number of hydrogen-bond donors (Lipinski definition) is 1. The minimum Gasteiger partial charge on any atom is -0.329 e. The number of benzene rings is 2. The summed E-state index contributed by atoms with van der Waals surface area (Å²) in [4.78, 5) is 2.50. The van der Waals surface area contributed by atoms with E-state index in [1.165, 1.54) is 24.8 Å². The lowest BCUT2D eigenvalue weighted by Crippen LogP contribution is -2.40. The summed E-state index contributed by atoms with van der Waals surface area (Å²) in [5, 5.41) is 0.828. The first-order valence-electron chi connectivity index (χ1n) is 8.50. The molecule has 23 heavy (non-hydrogen) atoms. The molecule has 3 rings (SSSR count). The van der Waals surface area contributed by atoms with Crippen molar-refractivity contribution in [3.05, 3.63) is 70.7 Å². The molecule has 3 heteroatoms. The van der Waals surface area contributed by atoms with Crippen LogP contribution in [0.25, 0.3) is 0 Å². The molecule has 0 radical (unpaired) electrons. The normalized spacial score (nSPS) is 18.0. The minimum atomic E-state index is 0.237. The van der Waals surface area contributed by atoms with Crippen LogP contribution in [0.3, 0.4) is 0 Å². The predicted octanol–water partition coefficient (Wildman–Crippen LogP) is 4.29. The average Bonchev–Trinajstić information content (AvgIpc) is 2.59. The van der Waals surface area contributed by atoms with Crippen LogP contribution in [0.1, 0.15) is 30.0 Å². The summed E-state index contributed by atoms with van der Waals surface area (Å²) in [5.74, 6) is 0.776. The average molecular weight is 329 g/mol. The van der Waals surface area contributed by atoms with Gasteiger partial charge in [0.25, 0.3) is 0 Å². The summed E-state index contributed by atoms with van der Waals surface area (Å²) in [7, 11) is 0. The van der Waals surface area contributed by atoms with Crippen LogP contribution in [0, 0.1) is 5.92 Å². The van der Waals surface area contributed by atoms with Gasteiger partial charge in [-0.3, -0.25) is 4.90 Å². The lowest BCUT2D eigenvalue weighted by molar-refractivity contribution is 0.135. The molecule has 0 spiro atoms. The van der Waals surface area contributed by atoms with E-state index in [4.69, 9.17) is 17.3 Å². The van der Waals surface area contributed by atoms with Crippen LogP contribution >= 0.6 is 11.6 Å². The quantitative estimate of drug-likeness (QED) is 0.887. The number of piperidine rings is 1. The third-order valence-corrected chi connectivity index (χ3v) is 5.29. The van der Waals surface area contributed by atoms with E-state index in [-0.39, 0.29) is 6.04 Å². The van der Waals surface area contributed by atoms with Crippen LogP contribution < -0.4 is 5.73 Å². The maximum atomic E-state index is 6.37. The summed E-state index contributed by atoms with van der Waals surface area (Å²) in [6.07, 6.45) is 3.65. The Morgan fingerprint density at radius 3 is 2.30 bits per heavy atom. The van der Waals surface area contributed by atoms with Crippen molar-refractivity contribution in [1.82, 2.24) is 4.90 Å². The van der Waals surface area contributed by atoms with Gasteiger partial charge < -0.3 is 5.73 Å². The molecule has 1 atom stereocenters. The fourth-order valence-corrected chi connectivity index (χ4v) is 3.90. The number of nitrogens with zero attached hydrogens (tertiary/aromatic N) is 1. The molecule has 0 bridgehead atoms. The van der Waals surface area contributed by atoms with Crippen molar-refractivity contribution in [3.63, 3.8) is 0 Å². The van der Waals surface area contributed by atoms with E-state index in [0.29, 0.717) is 6.54 Å². The zero-order chi connectivity index (χ0) is 16.1.